The van der Waals surface area contributed by atoms with Gasteiger partial charge >= 0.3 is 0 Å². The zero-order valence-corrected chi connectivity index (χ0v) is 7.02. The molecule has 1 aliphatic heterocycles. The van der Waals surface area contributed by atoms with Crippen LogP contribution in [0.5, 0.6) is 0 Å². The van der Waals surface area contributed by atoms with Gasteiger partial charge in [-0.3, -0.25) is 0 Å². The van der Waals surface area contributed by atoms with Crippen LogP contribution >= 0.6 is 0 Å². The monoisotopic (exact) mass is 186 g/mol. The van der Waals surface area contributed by atoms with Crippen LogP contribution in [-0.4, -0.2) is 24.6 Å². The highest BCUT2D eigenvalue weighted by Crippen LogP contribution is 2.22. The van der Waals surface area contributed by atoms with Crippen LogP contribution in [0.2, 0.25) is 0 Å². The molecule has 0 aromatic carbocycles. The van der Waals surface area contributed by atoms with Crippen LogP contribution in [0.3, 0.4) is 0 Å². The minimum atomic E-state index is -1.38. The lowest BCUT2D eigenvalue weighted by Crippen LogP contribution is -2.42. The van der Waals surface area contributed by atoms with Gasteiger partial charge in [-0.05, 0) is 19.3 Å². The molecule has 1 rings (SSSR count). The van der Waals surface area contributed by atoms with Gasteiger partial charge < -0.3 is 24.5 Å². The summed E-state index contributed by atoms with van der Waals surface area (Å²) in [6, 6.07) is 0. The lowest BCUT2D eigenvalue weighted by molar-refractivity contribution is -0.323. The molecule has 0 radical (unpaired) electrons. The molecule has 0 unspecified atom stereocenters. The van der Waals surface area contributed by atoms with Gasteiger partial charge in [0.25, 0.3) is 0 Å². The molecule has 0 spiro atoms. The van der Waals surface area contributed by atoms with Crippen LogP contribution in [0, 0.1) is 5.92 Å². The van der Waals surface area contributed by atoms with Gasteiger partial charge in [0, 0.05) is 24.5 Å². The molecule has 13 heavy (non-hydrogen) atoms. The van der Waals surface area contributed by atoms with Crippen molar-refractivity contribution in [3.8, 4) is 0 Å². The summed E-state index contributed by atoms with van der Waals surface area (Å²) in [5, 5.41) is 20.8. The number of hydrogen-bond donors (Lipinski definition) is 0. The summed E-state index contributed by atoms with van der Waals surface area (Å²) in [5.41, 5.74) is 0. The minimum Gasteiger partial charge on any atom is -0.550 e. The van der Waals surface area contributed by atoms with Crippen molar-refractivity contribution in [3.05, 3.63) is 0 Å². The summed E-state index contributed by atoms with van der Waals surface area (Å²) in [6.07, 6.45) is 0.281. The molecule has 1 aliphatic rings. The fourth-order valence-electron chi connectivity index (χ4n) is 1.47. The zero-order chi connectivity index (χ0) is 9.84. The maximum atomic E-state index is 10.5. The molecule has 1 heterocycles. The first-order valence-corrected chi connectivity index (χ1v) is 4.13. The maximum absolute atomic E-state index is 10.5. The number of carbonyl (C=O) groups is 2. The highest BCUT2D eigenvalue weighted by Gasteiger charge is 2.26. The number of ether oxygens (including phenoxy) is 1. The van der Waals surface area contributed by atoms with E-state index in [1.807, 2.05) is 0 Å². The number of carbonyl (C=O) groups excluding carboxylic acids is 2. The SMILES string of the molecule is O=C([O-])C[C@H](C(=O)[O-])[C@H]1CCCO1. The molecule has 0 aliphatic carbocycles. The highest BCUT2D eigenvalue weighted by molar-refractivity contribution is 5.76. The Hall–Kier alpha value is -1.10. The predicted octanol–water partition coefficient (Wildman–Crippen LogP) is -2.33. The van der Waals surface area contributed by atoms with E-state index in [-0.39, 0.29) is 0 Å². The van der Waals surface area contributed by atoms with Crippen LogP contribution in [-0.2, 0) is 14.3 Å². The number of carboxylic acid groups (broad SMARTS) is 2. The fourth-order valence-corrected chi connectivity index (χ4v) is 1.47. The third-order valence-electron chi connectivity index (χ3n) is 2.10. The summed E-state index contributed by atoms with van der Waals surface area (Å²) < 4.78 is 5.07. The van der Waals surface area contributed by atoms with Gasteiger partial charge in [0.1, 0.15) is 0 Å². The third-order valence-corrected chi connectivity index (χ3v) is 2.10. The summed E-state index contributed by atoms with van der Waals surface area (Å²) >= 11 is 0. The quantitative estimate of drug-likeness (QED) is 0.491. The molecule has 74 valence electrons. The van der Waals surface area contributed by atoms with E-state index in [1.54, 1.807) is 0 Å². The van der Waals surface area contributed by atoms with Crippen LogP contribution in [0.15, 0.2) is 0 Å². The third kappa shape index (κ3) is 2.69. The number of rotatable bonds is 4. The van der Waals surface area contributed by atoms with Crippen molar-refractivity contribution in [3.63, 3.8) is 0 Å². The van der Waals surface area contributed by atoms with Crippen molar-refractivity contribution in [2.75, 3.05) is 6.61 Å². The van der Waals surface area contributed by atoms with E-state index < -0.39 is 30.4 Å². The molecule has 5 heteroatoms. The topological polar surface area (TPSA) is 89.5 Å². The first kappa shape index (κ1) is 9.98. The molecule has 2 atom stereocenters. The Bertz CT molecular complexity index is 207. The summed E-state index contributed by atoms with van der Waals surface area (Å²) in [5.74, 6) is -3.84. The van der Waals surface area contributed by atoms with E-state index in [0.717, 1.165) is 6.42 Å². The Morgan fingerprint density at radius 1 is 1.46 bits per heavy atom. The Balaban J connectivity index is 2.55. The molecular formula is C8H10O5-2. The molecule has 1 saturated heterocycles. The molecule has 1 fully saturated rings. The summed E-state index contributed by atoms with van der Waals surface area (Å²) in [7, 11) is 0. The van der Waals surface area contributed by atoms with E-state index >= 15 is 0 Å². The van der Waals surface area contributed by atoms with Crippen molar-refractivity contribution < 1.29 is 24.5 Å². The van der Waals surface area contributed by atoms with E-state index in [2.05, 4.69) is 0 Å². The van der Waals surface area contributed by atoms with Crippen molar-refractivity contribution in [1.82, 2.24) is 0 Å². The van der Waals surface area contributed by atoms with Gasteiger partial charge in [-0.25, -0.2) is 0 Å². The van der Waals surface area contributed by atoms with E-state index in [9.17, 15) is 19.8 Å². The smallest absolute Gasteiger partial charge is 0.0659 e. The van der Waals surface area contributed by atoms with Crippen LogP contribution < -0.4 is 10.2 Å². The second kappa shape index (κ2) is 4.23. The van der Waals surface area contributed by atoms with E-state index in [1.165, 1.54) is 0 Å². The van der Waals surface area contributed by atoms with Gasteiger partial charge in [0.2, 0.25) is 0 Å². The van der Waals surface area contributed by atoms with Crippen molar-refractivity contribution >= 4 is 11.9 Å². The van der Waals surface area contributed by atoms with Gasteiger partial charge in [-0.1, -0.05) is 0 Å². The van der Waals surface area contributed by atoms with Gasteiger partial charge in [0.15, 0.2) is 0 Å². The van der Waals surface area contributed by atoms with Crippen LogP contribution in [0.4, 0.5) is 0 Å². The standard InChI is InChI=1S/C8H12O5/c9-7(10)4-5(8(11)12)6-2-1-3-13-6/h5-6H,1-4H2,(H,9,10)(H,11,12)/p-2/t5-,6+/m0/s1. The average Bonchev–Trinajstić information content (AvgIpc) is 2.50. The summed E-state index contributed by atoms with van der Waals surface area (Å²) in [6.45, 7) is 0.488. The number of aliphatic carboxylic acids is 2. The lowest BCUT2D eigenvalue weighted by Gasteiger charge is -2.23. The Kier molecular flexibility index (Phi) is 3.25. The average molecular weight is 186 g/mol. The molecule has 0 bridgehead atoms. The molecular weight excluding hydrogens is 176 g/mol. The molecule has 5 nitrogen and oxygen atoms in total. The van der Waals surface area contributed by atoms with Crippen LogP contribution in [0.25, 0.3) is 0 Å². The van der Waals surface area contributed by atoms with E-state index in [4.69, 9.17) is 4.74 Å². The fraction of sp³-hybridized carbons (Fsp3) is 0.750. The minimum absolute atomic E-state index is 0.488. The normalized spacial score (nSPS) is 24.2. The molecule has 0 aromatic rings. The van der Waals surface area contributed by atoms with Gasteiger partial charge in [-0.15, -0.1) is 0 Å². The van der Waals surface area contributed by atoms with E-state index in [0.29, 0.717) is 13.0 Å². The molecule has 0 saturated carbocycles. The maximum Gasteiger partial charge on any atom is 0.0659 e. The molecule has 0 aromatic heterocycles. The van der Waals surface area contributed by atoms with Gasteiger partial charge in [-0.2, -0.15) is 0 Å². The van der Waals surface area contributed by atoms with Crippen molar-refractivity contribution in [1.29, 1.82) is 0 Å². The molecule has 0 N–H and O–H groups in total. The Morgan fingerprint density at radius 2 is 2.15 bits per heavy atom. The Morgan fingerprint density at radius 3 is 2.54 bits per heavy atom. The number of hydrogen-bond acceptors (Lipinski definition) is 5. The first-order valence-electron chi connectivity index (χ1n) is 4.13. The second-order valence-electron chi connectivity index (χ2n) is 3.05. The van der Waals surface area contributed by atoms with Crippen LogP contribution in [0.1, 0.15) is 19.3 Å². The first-order chi connectivity index (χ1) is 6.11. The zero-order valence-electron chi connectivity index (χ0n) is 7.02. The van der Waals surface area contributed by atoms with Crippen molar-refractivity contribution in [2.24, 2.45) is 5.92 Å². The largest absolute Gasteiger partial charge is 0.550 e. The second-order valence-corrected chi connectivity index (χ2v) is 3.05. The number of carboxylic acids is 2. The predicted molar refractivity (Wildman–Crippen MR) is 37.1 cm³/mol. The lowest BCUT2D eigenvalue weighted by atomic mass is 9.97. The summed E-state index contributed by atoms with van der Waals surface area (Å²) in [4.78, 5) is 20.8. The van der Waals surface area contributed by atoms with Gasteiger partial charge in [0.05, 0.1) is 6.10 Å². The van der Waals surface area contributed by atoms with Crippen molar-refractivity contribution in [2.45, 2.75) is 25.4 Å². The molecule has 0 amide bonds. The highest BCUT2D eigenvalue weighted by atomic mass is 16.5. The Labute approximate surface area is 75.3 Å².